The molecular weight excluding hydrogens is 216 g/mol. The molecule has 0 aliphatic carbocycles. The summed E-state index contributed by atoms with van der Waals surface area (Å²) in [6, 6.07) is 0.738. The predicted octanol–water partition coefficient (Wildman–Crippen LogP) is 1.09. The van der Waals surface area contributed by atoms with Gasteiger partial charge in [0.2, 0.25) is 5.91 Å². The van der Waals surface area contributed by atoms with Crippen LogP contribution in [0.3, 0.4) is 0 Å². The first-order chi connectivity index (χ1) is 7.97. The third-order valence-corrected chi connectivity index (χ3v) is 3.88. The Kier molecular flexibility index (Phi) is 5.40. The maximum absolute atomic E-state index is 12.3. The Morgan fingerprint density at radius 1 is 1.41 bits per heavy atom. The Morgan fingerprint density at radius 2 is 1.94 bits per heavy atom. The van der Waals surface area contributed by atoms with Gasteiger partial charge in [0.15, 0.2) is 0 Å². The number of rotatable bonds is 4. The highest BCUT2D eigenvalue weighted by molar-refractivity contribution is 5.79. The highest BCUT2D eigenvalue weighted by Gasteiger charge is 2.29. The molecule has 0 aromatic heterocycles. The second-order valence-electron chi connectivity index (χ2n) is 5.38. The lowest BCUT2D eigenvalue weighted by Gasteiger charge is -2.40. The van der Waals surface area contributed by atoms with Gasteiger partial charge in [-0.25, -0.2) is 0 Å². The summed E-state index contributed by atoms with van der Waals surface area (Å²) in [6.07, 6.45) is 3.43. The molecule has 0 aromatic rings. The molecule has 3 unspecified atom stereocenters. The summed E-state index contributed by atoms with van der Waals surface area (Å²) in [6.45, 7) is 6.67. The van der Waals surface area contributed by atoms with Gasteiger partial charge in [0.05, 0.1) is 13.2 Å². The highest BCUT2D eigenvalue weighted by atomic mass is 16.3. The number of hydrogen-bond acceptors (Lipinski definition) is 3. The third-order valence-electron chi connectivity index (χ3n) is 3.88. The van der Waals surface area contributed by atoms with Gasteiger partial charge in [0.1, 0.15) is 0 Å². The van der Waals surface area contributed by atoms with Crippen molar-refractivity contribution in [2.24, 2.45) is 0 Å². The lowest BCUT2D eigenvalue weighted by atomic mass is 9.97. The first-order valence-corrected chi connectivity index (χ1v) is 6.59. The average molecular weight is 242 g/mol. The molecule has 1 amide bonds. The molecule has 0 saturated carbocycles. The predicted molar refractivity (Wildman–Crippen MR) is 68.8 cm³/mol. The van der Waals surface area contributed by atoms with Crippen LogP contribution in [0.25, 0.3) is 0 Å². The Bertz CT molecular complexity index is 248. The van der Waals surface area contributed by atoms with Crippen molar-refractivity contribution in [1.29, 1.82) is 0 Å². The molecule has 0 spiro atoms. The van der Waals surface area contributed by atoms with E-state index in [2.05, 4.69) is 13.8 Å². The van der Waals surface area contributed by atoms with Crippen LogP contribution < -0.4 is 0 Å². The van der Waals surface area contributed by atoms with E-state index in [4.69, 9.17) is 5.11 Å². The maximum Gasteiger partial charge on any atom is 0.237 e. The first-order valence-electron chi connectivity index (χ1n) is 6.59. The number of nitrogens with zero attached hydrogens (tertiary/aromatic N) is 2. The molecule has 1 rings (SSSR count). The topological polar surface area (TPSA) is 43.8 Å². The Labute approximate surface area is 105 Å². The van der Waals surface area contributed by atoms with Gasteiger partial charge in [-0.3, -0.25) is 9.69 Å². The van der Waals surface area contributed by atoms with Crippen molar-refractivity contribution in [2.75, 3.05) is 20.2 Å². The number of likely N-dealkylation sites (tertiary alicyclic amines) is 1. The number of piperidine rings is 1. The molecule has 100 valence electrons. The molecule has 1 heterocycles. The van der Waals surface area contributed by atoms with Gasteiger partial charge in [-0.2, -0.15) is 0 Å². The van der Waals surface area contributed by atoms with Gasteiger partial charge in [-0.15, -0.1) is 0 Å². The van der Waals surface area contributed by atoms with Gasteiger partial charge in [-0.05, 0) is 47.1 Å². The number of hydrogen-bond donors (Lipinski definition) is 1. The van der Waals surface area contributed by atoms with Crippen LogP contribution in [-0.4, -0.2) is 59.1 Å². The number of aliphatic hydroxyl groups excluding tert-OH is 1. The van der Waals surface area contributed by atoms with Gasteiger partial charge >= 0.3 is 0 Å². The monoisotopic (exact) mass is 242 g/mol. The summed E-state index contributed by atoms with van der Waals surface area (Å²) >= 11 is 0. The Balaban J connectivity index is 2.56. The van der Waals surface area contributed by atoms with Crippen molar-refractivity contribution >= 4 is 5.91 Å². The zero-order chi connectivity index (χ0) is 13.0. The largest absolute Gasteiger partial charge is 0.395 e. The molecule has 0 bridgehead atoms. The first kappa shape index (κ1) is 14.5. The van der Waals surface area contributed by atoms with Crippen molar-refractivity contribution in [2.45, 2.75) is 58.2 Å². The summed E-state index contributed by atoms with van der Waals surface area (Å²) in [5.41, 5.74) is 0. The van der Waals surface area contributed by atoms with E-state index in [1.165, 1.54) is 6.42 Å². The zero-order valence-corrected chi connectivity index (χ0v) is 11.5. The summed E-state index contributed by atoms with van der Waals surface area (Å²) in [5, 5.41) is 9.07. The standard InChI is InChI=1S/C13H26N2O2/c1-10-6-5-7-11(2)15(10)13(17)8-14(4)12(3)9-16/h10-12,16H,5-9H2,1-4H3. The second-order valence-corrected chi connectivity index (χ2v) is 5.38. The van der Waals surface area contributed by atoms with E-state index >= 15 is 0 Å². The van der Waals surface area contributed by atoms with E-state index in [1.807, 2.05) is 23.8 Å². The number of likely N-dealkylation sites (N-methyl/N-ethyl adjacent to an activating group) is 1. The fourth-order valence-electron chi connectivity index (χ4n) is 2.50. The van der Waals surface area contributed by atoms with Gasteiger partial charge < -0.3 is 10.0 Å². The summed E-state index contributed by atoms with van der Waals surface area (Å²) in [4.78, 5) is 16.2. The van der Waals surface area contributed by atoms with E-state index in [0.717, 1.165) is 12.8 Å². The van der Waals surface area contributed by atoms with Gasteiger partial charge in [-0.1, -0.05) is 0 Å². The highest BCUT2D eigenvalue weighted by Crippen LogP contribution is 2.22. The van der Waals surface area contributed by atoms with Crippen molar-refractivity contribution in [3.05, 3.63) is 0 Å². The van der Waals surface area contributed by atoms with Crippen molar-refractivity contribution in [3.8, 4) is 0 Å². The molecule has 1 fully saturated rings. The molecule has 1 saturated heterocycles. The van der Waals surface area contributed by atoms with E-state index in [-0.39, 0.29) is 18.6 Å². The number of aliphatic hydroxyl groups is 1. The molecular formula is C13H26N2O2. The van der Waals surface area contributed by atoms with Crippen molar-refractivity contribution in [3.63, 3.8) is 0 Å². The maximum atomic E-state index is 12.3. The summed E-state index contributed by atoms with van der Waals surface area (Å²) in [7, 11) is 1.89. The Morgan fingerprint density at radius 3 is 2.41 bits per heavy atom. The van der Waals surface area contributed by atoms with Crippen LogP contribution in [0.2, 0.25) is 0 Å². The van der Waals surface area contributed by atoms with E-state index in [0.29, 0.717) is 18.6 Å². The minimum atomic E-state index is 0.0364. The van der Waals surface area contributed by atoms with E-state index in [9.17, 15) is 4.79 Å². The SMILES string of the molecule is CC(CO)N(C)CC(=O)N1C(C)CCCC1C. The average Bonchev–Trinajstić information content (AvgIpc) is 2.27. The molecule has 4 heteroatoms. The van der Waals surface area contributed by atoms with E-state index < -0.39 is 0 Å². The molecule has 4 nitrogen and oxygen atoms in total. The lowest BCUT2D eigenvalue weighted by molar-refractivity contribution is -0.138. The van der Waals surface area contributed by atoms with Crippen molar-refractivity contribution < 1.29 is 9.90 Å². The fraction of sp³-hybridized carbons (Fsp3) is 0.923. The minimum absolute atomic E-state index is 0.0364. The quantitative estimate of drug-likeness (QED) is 0.802. The van der Waals surface area contributed by atoms with Crippen LogP contribution >= 0.6 is 0 Å². The molecule has 17 heavy (non-hydrogen) atoms. The molecule has 1 aliphatic rings. The Hall–Kier alpha value is -0.610. The van der Waals surface area contributed by atoms with Crippen molar-refractivity contribution in [1.82, 2.24) is 9.80 Å². The van der Waals surface area contributed by atoms with Crippen LogP contribution in [0.5, 0.6) is 0 Å². The van der Waals surface area contributed by atoms with Crippen LogP contribution in [0.4, 0.5) is 0 Å². The normalized spacial score (nSPS) is 27.3. The minimum Gasteiger partial charge on any atom is -0.395 e. The fourth-order valence-corrected chi connectivity index (χ4v) is 2.50. The lowest BCUT2D eigenvalue weighted by Crippen LogP contribution is -2.51. The smallest absolute Gasteiger partial charge is 0.237 e. The molecule has 0 aromatic carbocycles. The molecule has 1 N–H and O–H groups in total. The molecule has 1 aliphatic heterocycles. The van der Waals surface area contributed by atoms with Gasteiger partial charge in [0, 0.05) is 18.1 Å². The van der Waals surface area contributed by atoms with Gasteiger partial charge in [0.25, 0.3) is 0 Å². The van der Waals surface area contributed by atoms with E-state index in [1.54, 1.807) is 0 Å². The number of carbonyl (C=O) groups excluding carboxylic acids is 1. The summed E-state index contributed by atoms with van der Waals surface area (Å²) < 4.78 is 0. The third kappa shape index (κ3) is 3.68. The molecule has 0 radical (unpaired) electrons. The van der Waals surface area contributed by atoms with Crippen LogP contribution in [0, 0.1) is 0 Å². The van der Waals surface area contributed by atoms with Crippen LogP contribution in [0.1, 0.15) is 40.0 Å². The zero-order valence-electron chi connectivity index (χ0n) is 11.5. The second kappa shape index (κ2) is 6.36. The summed E-state index contributed by atoms with van der Waals surface area (Å²) in [5.74, 6) is 0.188. The van der Waals surface area contributed by atoms with Crippen LogP contribution in [-0.2, 0) is 4.79 Å². The number of carbonyl (C=O) groups is 1. The number of amides is 1. The van der Waals surface area contributed by atoms with Crippen LogP contribution in [0.15, 0.2) is 0 Å². The molecule has 3 atom stereocenters.